The minimum absolute atomic E-state index is 0.0915. The fourth-order valence-corrected chi connectivity index (χ4v) is 3.09. The third-order valence-electron chi connectivity index (χ3n) is 5.06. The Hall–Kier alpha value is -1.84. The van der Waals surface area contributed by atoms with Crippen LogP contribution in [0.1, 0.15) is 33.6 Å². The van der Waals surface area contributed by atoms with E-state index >= 15 is 0 Å². The molecule has 1 aliphatic rings. The van der Waals surface area contributed by atoms with E-state index in [-0.39, 0.29) is 11.8 Å². The topological polar surface area (TPSA) is 66.4 Å². The minimum atomic E-state index is -0.855. The molecule has 2 N–H and O–H groups in total. The number of carboxylic acid groups (broad SMARTS) is 1. The van der Waals surface area contributed by atoms with Crippen LogP contribution in [0.4, 0.5) is 5.69 Å². The third kappa shape index (κ3) is 2.19. The van der Waals surface area contributed by atoms with Gasteiger partial charge in [0.1, 0.15) is 0 Å². The zero-order chi connectivity index (χ0) is 15.0. The van der Waals surface area contributed by atoms with Crippen molar-refractivity contribution in [1.29, 1.82) is 0 Å². The molecular weight excluding hydrogens is 254 g/mol. The average Bonchev–Trinajstić information content (AvgIpc) is 2.63. The Labute approximate surface area is 119 Å². The van der Waals surface area contributed by atoms with E-state index in [0.29, 0.717) is 12.8 Å². The molecule has 4 nitrogen and oxygen atoms in total. The van der Waals surface area contributed by atoms with Crippen molar-refractivity contribution in [1.82, 2.24) is 0 Å². The van der Waals surface area contributed by atoms with Crippen LogP contribution in [0.15, 0.2) is 30.3 Å². The van der Waals surface area contributed by atoms with Gasteiger partial charge in [-0.25, -0.2) is 0 Å². The van der Waals surface area contributed by atoms with Gasteiger partial charge >= 0.3 is 5.97 Å². The average molecular weight is 275 g/mol. The number of benzene rings is 1. The molecule has 0 aliphatic heterocycles. The molecule has 2 atom stereocenters. The first-order valence-corrected chi connectivity index (χ1v) is 6.88. The van der Waals surface area contributed by atoms with Crippen LogP contribution in [0.3, 0.4) is 0 Å². The van der Waals surface area contributed by atoms with Crippen molar-refractivity contribution in [2.24, 2.45) is 16.7 Å². The van der Waals surface area contributed by atoms with Crippen molar-refractivity contribution in [3.63, 3.8) is 0 Å². The van der Waals surface area contributed by atoms with Gasteiger partial charge in [0, 0.05) is 11.6 Å². The Morgan fingerprint density at radius 3 is 2.30 bits per heavy atom. The SMILES string of the molecule is CC1(C)[C@@H](C(=O)Nc2ccccc2)CC[C@@]1(C)C(=O)O. The summed E-state index contributed by atoms with van der Waals surface area (Å²) in [6.45, 7) is 5.50. The van der Waals surface area contributed by atoms with Gasteiger partial charge in [0.25, 0.3) is 0 Å². The summed E-state index contributed by atoms with van der Waals surface area (Å²) in [5.74, 6) is -1.20. The molecular formula is C16H21NO3. The van der Waals surface area contributed by atoms with E-state index in [9.17, 15) is 14.7 Å². The van der Waals surface area contributed by atoms with Crippen molar-refractivity contribution < 1.29 is 14.7 Å². The molecule has 1 aromatic rings. The lowest BCUT2D eigenvalue weighted by Crippen LogP contribution is -2.43. The molecule has 20 heavy (non-hydrogen) atoms. The summed E-state index contributed by atoms with van der Waals surface area (Å²) in [5.41, 5.74) is -0.680. The van der Waals surface area contributed by atoms with Crippen LogP contribution in [-0.4, -0.2) is 17.0 Å². The van der Waals surface area contributed by atoms with E-state index in [2.05, 4.69) is 5.32 Å². The number of para-hydroxylation sites is 1. The van der Waals surface area contributed by atoms with Crippen molar-refractivity contribution in [2.45, 2.75) is 33.6 Å². The Kier molecular flexibility index (Phi) is 3.59. The van der Waals surface area contributed by atoms with Gasteiger partial charge in [0.2, 0.25) is 5.91 Å². The summed E-state index contributed by atoms with van der Waals surface area (Å²) in [6.07, 6.45) is 1.14. The number of rotatable bonds is 3. The van der Waals surface area contributed by atoms with E-state index < -0.39 is 16.8 Å². The summed E-state index contributed by atoms with van der Waals surface area (Å²) < 4.78 is 0. The number of carbonyl (C=O) groups is 2. The molecule has 108 valence electrons. The van der Waals surface area contributed by atoms with Gasteiger partial charge in [-0.1, -0.05) is 32.0 Å². The van der Waals surface area contributed by atoms with E-state index in [1.807, 2.05) is 44.2 Å². The number of amides is 1. The molecule has 1 aliphatic carbocycles. The number of carboxylic acids is 1. The van der Waals surface area contributed by atoms with Crippen LogP contribution in [0.5, 0.6) is 0 Å². The minimum Gasteiger partial charge on any atom is -0.481 e. The number of nitrogens with one attached hydrogen (secondary N) is 1. The fourth-order valence-electron chi connectivity index (χ4n) is 3.09. The molecule has 4 heteroatoms. The van der Waals surface area contributed by atoms with E-state index in [4.69, 9.17) is 0 Å². The van der Waals surface area contributed by atoms with Gasteiger partial charge < -0.3 is 10.4 Å². The molecule has 2 rings (SSSR count). The standard InChI is InChI=1S/C16H21NO3/c1-15(2)12(9-10-16(15,3)14(19)20)13(18)17-11-7-5-4-6-8-11/h4-8,12H,9-10H2,1-3H3,(H,17,18)(H,19,20)/t12-,16+/m1/s1. The second-order valence-corrected chi connectivity index (χ2v) is 6.31. The van der Waals surface area contributed by atoms with Gasteiger partial charge in [-0.3, -0.25) is 9.59 Å². The number of hydrogen-bond donors (Lipinski definition) is 2. The monoisotopic (exact) mass is 275 g/mol. The summed E-state index contributed by atoms with van der Waals surface area (Å²) >= 11 is 0. The van der Waals surface area contributed by atoms with E-state index in [1.165, 1.54) is 0 Å². The zero-order valence-corrected chi connectivity index (χ0v) is 12.1. The molecule has 1 amide bonds. The van der Waals surface area contributed by atoms with Crippen molar-refractivity contribution >= 4 is 17.6 Å². The molecule has 0 aromatic heterocycles. The Bertz CT molecular complexity index is 524. The van der Waals surface area contributed by atoms with Crippen LogP contribution in [0.2, 0.25) is 0 Å². The summed E-state index contributed by atoms with van der Waals surface area (Å²) in [5, 5.41) is 12.4. The van der Waals surface area contributed by atoms with Gasteiger partial charge in [0.05, 0.1) is 5.41 Å². The lowest BCUT2D eigenvalue weighted by atomic mass is 9.65. The highest BCUT2D eigenvalue weighted by Crippen LogP contribution is 2.56. The summed E-state index contributed by atoms with van der Waals surface area (Å²) in [4.78, 5) is 24.0. The fraction of sp³-hybridized carbons (Fsp3) is 0.500. The smallest absolute Gasteiger partial charge is 0.309 e. The molecule has 0 radical (unpaired) electrons. The van der Waals surface area contributed by atoms with Crippen LogP contribution in [-0.2, 0) is 9.59 Å². The Morgan fingerprint density at radius 2 is 1.80 bits per heavy atom. The normalized spacial score (nSPS) is 28.1. The molecule has 0 unspecified atom stereocenters. The first kappa shape index (κ1) is 14.6. The second-order valence-electron chi connectivity index (χ2n) is 6.31. The van der Waals surface area contributed by atoms with Crippen LogP contribution in [0, 0.1) is 16.7 Å². The molecule has 0 bridgehead atoms. The predicted molar refractivity (Wildman–Crippen MR) is 77.3 cm³/mol. The first-order chi connectivity index (χ1) is 9.29. The molecule has 1 saturated carbocycles. The Morgan fingerprint density at radius 1 is 1.20 bits per heavy atom. The largest absolute Gasteiger partial charge is 0.481 e. The lowest BCUT2D eigenvalue weighted by Gasteiger charge is -2.37. The predicted octanol–water partition coefficient (Wildman–Crippen LogP) is 3.15. The van der Waals surface area contributed by atoms with Crippen LogP contribution >= 0.6 is 0 Å². The maximum atomic E-state index is 12.4. The van der Waals surface area contributed by atoms with Crippen molar-refractivity contribution in [3.8, 4) is 0 Å². The molecule has 0 saturated heterocycles. The molecule has 0 spiro atoms. The first-order valence-electron chi connectivity index (χ1n) is 6.88. The lowest BCUT2D eigenvalue weighted by molar-refractivity contribution is -0.154. The maximum Gasteiger partial charge on any atom is 0.309 e. The van der Waals surface area contributed by atoms with Crippen molar-refractivity contribution in [3.05, 3.63) is 30.3 Å². The maximum absolute atomic E-state index is 12.4. The van der Waals surface area contributed by atoms with Gasteiger partial charge in [-0.05, 0) is 37.3 Å². The van der Waals surface area contributed by atoms with Gasteiger partial charge in [-0.2, -0.15) is 0 Å². The van der Waals surface area contributed by atoms with Crippen LogP contribution < -0.4 is 5.32 Å². The third-order valence-corrected chi connectivity index (χ3v) is 5.06. The van der Waals surface area contributed by atoms with Crippen LogP contribution in [0.25, 0.3) is 0 Å². The second kappa shape index (κ2) is 4.93. The summed E-state index contributed by atoms with van der Waals surface area (Å²) in [6, 6.07) is 9.26. The summed E-state index contributed by atoms with van der Waals surface area (Å²) in [7, 11) is 0. The quantitative estimate of drug-likeness (QED) is 0.890. The van der Waals surface area contributed by atoms with E-state index in [1.54, 1.807) is 6.92 Å². The number of hydrogen-bond acceptors (Lipinski definition) is 2. The highest BCUT2D eigenvalue weighted by Gasteiger charge is 2.58. The number of carbonyl (C=O) groups excluding carboxylic acids is 1. The zero-order valence-electron chi connectivity index (χ0n) is 12.1. The highest BCUT2D eigenvalue weighted by molar-refractivity contribution is 5.94. The van der Waals surface area contributed by atoms with E-state index in [0.717, 1.165) is 5.69 Å². The molecule has 1 aromatic carbocycles. The molecule has 0 heterocycles. The van der Waals surface area contributed by atoms with Gasteiger partial charge in [-0.15, -0.1) is 0 Å². The number of anilines is 1. The Balaban J connectivity index is 2.18. The highest BCUT2D eigenvalue weighted by atomic mass is 16.4. The van der Waals surface area contributed by atoms with Crippen molar-refractivity contribution in [2.75, 3.05) is 5.32 Å². The van der Waals surface area contributed by atoms with Gasteiger partial charge in [0.15, 0.2) is 0 Å². The molecule has 1 fully saturated rings. The number of aliphatic carboxylic acids is 1.